The van der Waals surface area contributed by atoms with E-state index in [9.17, 15) is 14.0 Å². The Bertz CT molecular complexity index is 1390. The van der Waals surface area contributed by atoms with Crippen LogP contribution in [0.3, 0.4) is 0 Å². The normalized spacial score (nSPS) is 14.2. The van der Waals surface area contributed by atoms with Gasteiger partial charge >= 0.3 is 6.03 Å². The summed E-state index contributed by atoms with van der Waals surface area (Å²) in [5.74, 6) is 0.0928. The van der Waals surface area contributed by atoms with Crippen molar-refractivity contribution in [2.75, 3.05) is 7.11 Å². The van der Waals surface area contributed by atoms with Crippen molar-refractivity contribution in [2.24, 2.45) is 0 Å². The van der Waals surface area contributed by atoms with Crippen molar-refractivity contribution >= 4 is 41.2 Å². The first-order chi connectivity index (χ1) is 17.8. The predicted molar refractivity (Wildman–Crippen MR) is 141 cm³/mol. The lowest BCUT2D eigenvalue weighted by molar-refractivity contribution is -0.123. The fraction of sp³-hybridized carbons (Fsp3) is 0.143. The Balaban J connectivity index is 1.58. The molecule has 1 aliphatic rings. The van der Waals surface area contributed by atoms with Gasteiger partial charge in [0.1, 0.15) is 18.1 Å². The van der Waals surface area contributed by atoms with E-state index in [0.29, 0.717) is 39.1 Å². The van der Waals surface area contributed by atoms with Gasteiger partial charge in [-0.3, -0.25) is 9.69 Å². The molecule has 3 aromatic carbocycles. The molecule has 190 valence electrons. The van der Waals surface area contributed by atoms with Crippen molar-refractivity contribution in [1.82, 2.24) is 10.2 Å². The Morgan fingerprint density at radius 1 is 1.03 bits per heavy atom. The topological polar surface area (TPSA) is 67.9 Å². The number of benzene rings is 3. The number of nitrogens with one attached hydrogen (secondary N) is 1. The molecule has 1 N–H and O–H groups in total. The Kier molecular flexibility index (Phi) is 8.16. The monoisotopic (exact) mass is 540 g/mol. The number of imide groups is 1. The maximum atomic E-state index is 13.2. The van der Waals surface area contributed by atoms with Gasteiger partial charge in [-0.1, -0.05) is 47.5 Å². The van der Waals surface area contributed by atoms with Crippen LogP contribution in [0.15, 0.2) is 72.9 Å². The Morgan fingerprint density at radius 2 is 1.76 bits per heavy atom. The number of nitrogens with zero attached hydrogens (tertiary/aromatic N) is 1. The van der Waals surface area contributed by atoms with Crippen LogP contribution < -0.4 is 14.8 Å². The molecule has 3 aromatic rings. The summed E-state index contributed by atoms with van der Waals surface area (Å²) in [6.07, 6.45) is 3.77. The average molecular weight is 541 g/mol. The van der Waals surface area contributed by atoms with Crippen LogP contribution in [-0.4, -0.2) is 23.9 Å². The van der Waals surface area contributed by atoms with Crippen LogP contribution in [0.25, 0.3) is 6.08 Å². The number of ether oxygens (including phenoxy) is 2. The van der Waals surface area contributed by atoms with Crippen LogP contribution in [0, 0.1) is 5.82 Å². The summed E-state index contributed by atoms with van der Waals surface area (Å²) in [7, 11) is 1.52. The molecule has 0 spiro atoms. The first kappa shape index (κ1) is 26.3. The maximum absolute atomic E-state index is 13.2. The Morgan fingerprint density at radius 3 is 2.43 bits per heavy atom. The molecule has 1 heterocycles. The highest BCUT2D eigenvalue weighted by molar-refractivity contribution is 6.42. The highest BCUT2D eigenvalue weighted by atomic mass is 35.5. The molecule has 1 aliphatic heterocycles. The summed E-state index contributed by atoms with van der Waals surface area (Å²) >= 11 is 12.1. The molecule has 0 aliphatic carbocycles. The van der Waals surface area contributed by atoms with Crippen molar-refractivity contribution in [2.45, 2.75) is 19.6 Å². The smallest absolute Gasteiger partial charge is 0.329 e. The minimum Gasteiger partial charge on any atom is -0.493 e. The third-order valence-corrected chi connectivity index (χ3v) is 6.37. The van der Waals surface area contributed by atoms with Crippen LogP contribution in [0.5, 0.6) is 11.5 Å². The van der Waals surface area contributed by atoms with E-state index in [1.165, 1.54) is 31.4 Å². The van der Waals surface area contributed by atoms with Crippen molar-refractivity contribution in [3.05, 3.63) is 111 Å². The maximum Gasteiger partial charge on any atom is 0.329 e. The standard InChI is InChI=1S/C28H23Cl2FN2O4/c1-3-4-20-11-19(14-25(36-2)26(20)37-16-18-7-10-22(29)23(30)12-18)13-24-27(34)33(28(35)32-24)15-17-5-8-21(31)9-6-17/h3,5-14H,1,4,15-16H2,2H3,(H,32,35)/b24-13+. The molecule has 0 aromatic heterocycles. The number of halogens is 3. The molecular formula is C28H23Cl2FN2O4. The number of carbonyl (C=O) groups is 2. The molecule has 9 heteroatoms. The van der Waals surface area contributed by atoms with Gasteiger partial charge in [0.05, 0.1) is 23.7 Å². The summed E-state index contributed by atoms with van der Waals surface area (Å²) in [5.41, 5.74) is 2.98. The number of hydrogen-bond donors (Lipinski definition) is 1. The van der Waals surface area contributed by atoms with E-state index < -0.39 is 17.8 Å². The largest absolute Gasteiger partial charge is 0.493 e. The Labute approximate surface area is 223 Å². The zero-order valence-corrected chi connectivity index (χ0v) is 21.4. The number of rotatable bonds is 9. The van der Waals surface area contributed by atoms with E-state index in [-0.39, 0.29) is 18.8 Å². The van der Waals surface area contributed by atoms with E-state index >= 15 is 0 Å². The van der Waals surface area contributed by atoms with Crippen molar-refractivity contribution in [3.8, 4) is 11.5 Å². The number of hydrogen-bond acceptors (Lipinski definition) is 4. The van der Waals surface area contributed by atoms with Gasteiger partial charge in [-0.05, 0) is 65.6 Å². The van der Waals surface area contributed by atoms with Gasteiger partial charge in [-0.15, -0.1) is 6.58 Å². The van der Waals surface area contributed by atoms with E-state index in [2.05, 4.69) is 11.9 Å². The third kappa shape index (κ3) is 6.13. The molecule has 1 saturated heterocycles. The summed E-state index contributed by atoms with van der Waals surface area (Å²) in [6.45, 7) is 4.07. The van der Waals surface area contributed by atoms with Gasteiger partial charge in [0.2, 0.25) is 0 Å². The fourth-order valence-corrected chi connectivity index (χ4v) is 4.15. The lowest BCUT2D eigenvalue weighted by Crippen LogP contribution is -2.30. The average Bonchev–Trinajstić information content (AvgIpc) is 3.13. The minimum atomic E-state index is -0.555. The highest BCUT2D eigenvalue weighted by Gasteiger charge is 2.33. The molecule has 0 atom stereocenters. The molecule has 37 heavy (non-hydrogen) atoms. The number of methoxy groups -OCH3 is 1. The molecule has 0 saturated carbocycles. The van der Waals surface area contributed by atoms with Gasteiger partial charge < -0.3 is 14.8 Å². The molecule has 3 amide bonds. The molecular weight excluding hydrogens is 518 g/mol. The summed E-state index contributed by atoms with van der Waals surface area (Å²) in [6, 6.07) is 13.9. The number of carbonyl (C=O) groups excluding carboxylic acids is 2. The van der Waals surface area contributed by atoms with E-state index in [4.69, 9.17) is 32.7 Å². The summed E-state index contributed by atoms with van der Waals surface area (Å²) in [4.78, 5) is 26.5. The molecule has 0 radical (unpaired) electrons. The molecule has 6 nitrogen and oxygen atoms in total. The first-order valence-electron chi connectivity index (χ1n) is 11.3. The SMILES string of the molecule is C=CCc1cc(/C=C2/NC(=O)N(Cc3ccc(F)cc3)C2=O)cc(OC)c1OCc1ccc(Cl)c(Cl)c1. The van der Waals surface area contributed by atoms with Crippen LogP contribution in [0.1, 0.15) is 22.3 Å². The first-order valence-corrected chi connectivity index (χ1v) is 12.0. The number of amides is 3. The second-order valence-corrected chi connectivity index (χ2v) is 9.06. The lowest BCUT2D eigenvalue weighted by atomic mass is 10.0. The van der Waals surface area contributed by atoms with E-state index in [1.807, 2.05) is 12.1 Å². The zero-order chi connectivity index (χ0) is 26.5. The van der Waals surface area contributed by atoms with Gasteiger partial charge in [-0.2, -0.15) is 0 Å². The van der Waals surface area contributed by atoms with Gasteiger partial charge in [0.15, 0.2) is 11.5 Å². The quantitative estimate of drug-likeness (QED) is 0.190. The fourth-order valence-electron chi connectivity index (χ4n) is 3.83. The number of urea groups is 1. The van der Waals surface area contributed by atoms with Crippen molar-refractivity contribution in [3.63, 3.8) is 0 Å². The van der Waals surface area contributed by atoms with Crippen LogP contribution >= 0.6 is 23.2 Å². The van der Waals surface area contributed by atoms with Crippen molar-refractivity contribution in [1.29, 1.82) is 0 Å². The predicted octanol–water partition coefficient (Wildman–Crippen LogP) is 6.54. The van der Waals surface area contributed by atoms with Crippen molar-refractivity contribution < 1.29 is 23.5 Å². The summed E-state index contributed by atoms with van der Waals surface area (Å²) < 4.78 is 24.9. The van der Waals surface area contributed by atoms with Gasteiger partial charge in [0.25, 0.3) is 5.91 Å². The lowest BCUT2D eigenvalue weighted by Gasteiger charge is -2.16. The molecule has 0 unspecified atom stereocenters. The van der Waals surface area contributed by atoms with Crippen LogP contribution in [0.2, 0.25) is 10.0 Å². The zero-order valence-electron chi connectivity index (χ0n) is 19.9. The minimum absolute atomic E-state index is 0.0226. The van der Waals surface area contributed by atoms with Crippen LogP contribution in [-0.2, 0) is 24.4 Å². The second kappa shape index (κ2) is 11.5. The van der Waals surface area contributed by atoms with Crippen LogP contribution in [0.4, 0.5) is 9.18 Å². The summed E-state index contributed by atoms with van der Waals surface area (Å²) in [5, 5.41) is 3.49. The molecule has 4 rings (SSSR count). The third-order valence-electron chi connectivity index (χ3n) is 5.63. The van der Waals surface area contributed by atoms with E-state index in [0.717, 1.165) is 16.0 Å². The second-order valence-electron chi connectivity index (χ2n) is 8.25. The number of allylic oxidation sites excluding steroid dienone is 1. The molecule has 1 fully saturated rings. The van der Waals surface area contributed by atoms with E-state index in [1.54, 1.807) is 30.4 Å². The van der Waals surface area contributed by atoms with Gasteiger partial charge in [0, 0.05) is 5.56 Å². The Hall–Kier alpha value is -3.81. The molecule has 0 bridgehead atoms. The highest BCUT2D eigenvalue weighted by Crippen LogP contribution is 2.35. The van der Waals surface area contributed by atoms with Gasteiger partial charge in [-0.25, -0.2) is 9.18 Å².